The topological polar surface area (TPSA) is 59.2 Å². The predicted octanol–water partition coefficient (Wildman–Crippen LogP) is 2.37. The van der Waals surface area contributed by atoms with E-state index in [0.717, 1.165) is 6.42 Å². The van der Waals surface area contributed by atoms with Gasteiger partial charge in [0.1, 0.15) is 0 Å². The van der Waals surface area contributed by atoms with Gasteiger partial charge in [0.25, 0.3) is 5.91 Å². The van der Waals surface area contributed by atoms with Crippen molar-refractivity contribution in [2.75, 3.05) is 13.6 Å². The molecule has 6 heteroatoms. The number of nitrogens with zero attached hydrogens (tertiary/aromatic N) is 2. The van der Waals surface area contributed by atoms with Crippen LogP contribution in [-0.4, -0.2) is 35.4 Å². The standard InChI is InChI=1S/C13H21N3O.2ClH/c1-10(2)12(14)6-9-16(3)13(17)11-4-7-15-8-5-11;;/h4-5,7-8,10,12H,6,9,14H2,1-3H3;2*1H. The molecular formula is C13H23Cl2N3O. The van der Waals surface area contributed by atoms with Crippen molar-refractivity contribution in [3.05, 3.63) is 30.1 Å². The molecule has 110 valence electrons. The maximum atomic E-state index is 12.0. The molecule has 0 saturated heterocycles. The van der Waals surface area contributed by atoms with Crippen molar-refractivity contribution in [2.45, 2.75) is 26.3 Å². The van der Waals surface area contributed by atoms with Crippen LogP contribution in [0.2, 0.25) is 0 Å². The summed E-state index contributed by atoms with van der Waals surface area (Å²) in [6, 6.07) is 3.59. The maximum Gasteiger partial charge on any atom is 0.253 e. The Balaban J connectivity index is 0. The number of halogens is 2. The van der Waals surface area contributed by atoms with Crippen LogP contribution in [0, 0.1) is 5.92 Å². The smallest absolute Gasteiger partial charge is 0.253 e. The highest BCUT2D eigenvalue weighted by molar-refractivity contribution is 5.93. The SMILES string of the molecule is CC(C)C(N)CCN(C)C(=O)c1ccncc1.Cl.Cl. The molecule has 1 rings (SSSR count). The van der Waals surface area contributed by atoms with E-state index in [1.165, 1.54) is 0 Å². The Bertz CT molecular complexity index is 360. The van der Waals surface area contributed by atoms with Crippen molar-refractivity contribution >= 4 is 30.7 Å². The summed E-state index contributed by atoms with van der Waals surface area (Å²) >= 11 is 0. The fraction of sp³-hybridized carbons (Fsp3) is 0.538. The molecule has 2 N–H and O–H groups in total. The van der Waals surface area contributed by atoms with Crippen LogP contribution in [0.5, 0.6) is 0 Å². The molecule has 0 aliphatic rings. The summed E-state index contributed by atoms with van der Waals surface area (Å²) in [6.45, 7) is 4.87. The molecule has 0 bridgehead atoms. The Labute approximate surface area is 127 Å². The lowest BCUT2D eigenvalue weighted by molar-refractivity contribution is 0.0789. The van der Waals surface area contributed by atoms with Gasteiger partial charge in [0.05, 0.1) is 0 Å². The normalized spacial score (nSPS) is 11.2. The van der Waals surface area contributed by atoms with Gasteiger partial charge < -0.3 is 10.6 Å². The van der Waals surface area contributed by atoms with Crippen LogP contribution in [0.25, 0.3) is 0 Å². The Hall–Kier alpha value is -0.840. The summed E-state index contributed by atoms with van der Waals surface area (Å²) in [5, 5.41) is 0. The number of aromatic nitrogens is 1. The minimum atomic E-state index is 0. The summed E-state index contributed by atoms with van der Waals surface area (Å²) in [5.41, 5.74) is 6.62. The second kappa shape index (κ2) is 10.0. The van der Waals surface area contributed by atoms with Crippen LogP contribution >= 0.6 is 24.8 Å². The average Bonchev–Trinajstić information content (AvgIpc) is 2.35. The van der Waals surface area contributed by atoms with E-state index < -0.39 is 0 Å². The second-order valence-electron chi connectivity index (χ2n) is 4.66. The summed E-state index contributed by atoms with van der Waals surface area (Å²) in [6.07, 6.45) is 4.08. The van der Waals surface area contributed by atoms with E-state index in [0.29, 0.717) is 18.0 Å². The molecule has 19 heavy (non-hydrogen) atoms. The first kappa shape index (κ1) is 20.5. The molecule has 0 saturated carbocycles. The van der Waals surface area contributed by atoms with Crippen LogP contribution in [0.3, 0.4) is 0 Å². The molecular weight excluding hydrogens is 285 g/mol. The molecule has 1 aromatic heterocycles. The monoisotopic (exact) mass is 307 g/mol. The largest absolute Gasteiger partial charge is 0.342 e. The Morgan fingerprint density at radius 2 is 1.84 bits per heavy atom. The van der Waals surface area contributed by atoms with Crippen LogP contribution in [-0.2, 0) is 0 Å². The van der Waals surface area contributed by atoms with Crippen molar-refractivity contribution in [3.8, 4) is 0 Å². The third-order valence-corrected chi connectivity index (χ3v) is 2.93. The third-order valence-electron chi connectivity index (χ3n) is 2.93. The van der Waals surface area contributed by atoms with E-state index in [-0.39, 0.29) is 36.8 Å². The lowest BCUT2D eigenvalue weighted by Crippen LogP contribution is -2.34. The van der Waals surface area contributed by atoms with Crippen LogP contribution in [0.4, 0.5) is 0 Å². The quantitative estimate of drug-likeness (QED) is 0.908. The Kier molecular flexibility index (Phi) is 10.8. The van der Waals surface area contributed by atoms with Crippen LogP contribution < -0.4 is 5.73 Å². The second-order valence-corrected chi connectivity index (χ2v) is 4.66. The van der Waals surface area contributed by atoms with E-state index in [4.69, 9.17) is 5.73 Å². The highest BCUT2D eigenvalue weighted by Crippen LogP contribution is 2.06. The van der Waals surface area contributed by atoms with Gasteiger partial charge in [-0.15, -0.1) is 24.8 Å². The summed E-state index contributed by atoms with van der Waals surface area (Å²) in [4.78, 5) is 17.6. The number of hydrogen-bond donors (Lipinski definition) is 1. The van der Waals surface area contributed by atoms with Gasteiger partial charge in [0, 0.05) is 37.6 Å². The molecule has 0 aliphatic heterocycles. The molecule has 0 spiro atoms. The average molecular weight is 308 g/mol. The van der Waals surface area contributed by atoms with Crippen LogP contribution in [0.1, 0.15) is 30.6 Å². The number of rotatable bonds is 5. The molecule has 1 atom stereocenters. The van der Waals surface area contributed by atoms with Crippen molar-refractivity contribution < 1.29 is 4.79 Å². The first-order valence-electron chi connectivity index (χ1n) is 5.93. The highest BCUT2D eigenvalue weighted by atomic mass is 35.5. The summed E-state index contributed by atoms with van der Waals surface area (Å²) < 4.78 is 0. The lowest BCUT2D eigenvalue weighted by Gasteiger charge is -2.21. The first-order chi connectivity index (χ1) is 8.02. The number of hydrogen-bond acceptors (Lipinski definition) is 3. The van der Waals surface area contributed by atoms with E-state index >= 15 is 0 Å². The lowest BCUT2D eigenvalue weighted by atomic mass is 10.0. The molecule has 1 heterocycles. The highest BCUT2D eigenvalue weighted by Gasteiger charge is 2.13. The zero-order valence-electron chi connectivity index (χ0n) is 11.6. The Morgan fingerprint density at radius 1 is 1.32 bits per heavy atom. The molecule has 1 amide bonds. The zero-order chi connectivity index (χ0) is 12.8. The van der Waals surface area contributed by atoms with Gasteiger partial charge in [-0.3, -0.25) is 9.78 Å². The predicted molar refractivity (Wildman–Crippen MR) is 83.1 cm³/mol. The summed E-state index contributed by atoms with van der Waals surface area (Å²) in [5.74, 6) is 0.461. The van der Waals surface area contributed by atoms with Gasteiger partial charge in [-0.25, -0.2) is 0 Å². The van der Waals surface area contributed by atoms with E-state index in [1.54, 1.807) is 36.5 Å². The molecule has 0 aliphatic carbocycles. The molecule has 4 nitrogen and oxygen atoms in total. The van der Waals surface area contributed by atoms with E-state index in [2.05, 4.69) is 18.8 Å². The zero-order valence-corrected chi connectivity index (χ0v) is 13.2. The molecule has 0 radical (unpaired) electrons. The molecule has 1 aromatic rings. The van der Waals surface area contributed by atoms with Gasteiger partial charge >= 0.3 is 0 Å². The Morgan fingerprint density at radius 3 is 2.32 bits per heavy atom. The third kappa shape index (κ3) is 6.76. The van der Waals surface area contributed by atoms with Gasteiger partial charge in [0.15, 0.2) is 0 Å². The minimum Gasteiger partial charge on any atom is -0.342 e. The van der Waals surface area contributed by atoms with Gasteiger partial charge in [-0.1, -0.05) is 13.8 Å². The molecule has 0 aromatic carbocycles. The van der Waals surface area contributed by atoms with Crippen molar-refractivity contribution in [1.82, 2.24) is 9.88 Å². The van der Waals surface area contributed by atoms with Gasteiger partial charge in [-0.05, 0) is 24.5 Å². The number of pyridine rings is 1. The van der Waals surface area contributed by atoms with Crippen molar-refractivity contribution in [2.24, 2.45) is 11.7 Å². The molecule has 0 fully saturated rings. The number of carbonyl (C=O) groups excluding carboxylic acids is 1. The molecule has 1 unspecified atom stereocenters. The number of carbonyl (C=O) groups is 1. The number of amides is 1. The number of nitrogens with two attached hydrogens (primary N) is 1. The van der Waals surface area contributed by atoms with E-state index in [9.17, 15) is 4.79 Å². The van der Waals surface area contributed by atoms with Gasteiger partial charge in [-0.2, -0.15) is 0 Å². The van der Waals surface area contributed by atoms with Crippen LogP contribution in [0.15, 0.2) is 24.5 Å². The van der Waals surface area contributed by atoms with Crippen molar-refractivity contribution in [1.29, 1.82) is 0 Å². The maximum absolute atomic E-state index is 12.0. The van der Waals surface area contributed by atoms with Gasteiger partial charge in [0.2, 0.25) is 0 Å². The van der Waals surface area contributed by atoms with E-state index in [1.807, 2.05) is 0 Å². The van der Waals surface area contributed by atoms with Crippen molar-refractivity contribution in [3.63, 3.8) is 0 Å². The fourth-order valence-electron chi connectivity index (χ4n) is 1.49. The first-order valence-corrected chi connectivity index (χ1v) is 5.93. The minimum absolute atomic E-state index is 0. The fourth-order valence-corrected chi connectivity index (χ4v) is 1.49. The summed E-state index contributed by atoms with van der Waals surface area (Å²) in [7, 11) is 1.80.